The van der Waals surface area contributed by atoms with Crippen LogP contribution in [0, 0.1) is 0 Å². The number of benzene rings is 2. The Morgan fingerprint density at radius 3 is 2.08 bits per heavy atom. The van der Waals surface area contributed by atoms with Crippen molar-refractivity contribution in [3.05, 3.63) is 54.1 Å². The van der Waals surface area contributed by atoms with E-state index < -0.39 is 0 Å². The minimum Gasteiger partial charge on any atom is -0.497 e. The summed E-state index contributed by atoms with van der Waals surface area (Å²) in [4.78, 5) is 22.9. The van der Waals surface area contributed by atoms with Crippen LogP contribution in [0.15, 0.2) is 48.5 Å². The maximum absolute atomic E-state index is 11.9. The Labute approximate surface area is 147 Å². The molecule has 3 N–H and O–H groups in total. The Morgan fingerprint density at radius 1 is 0.920 bits per heavy atom. The SMILES string of the molecule is COc1ccc(CCNCC(=O)Nc2ccc(NC(C)=O)cc2)cc1. The summed E-state index contributed by atoms with van der Waals surface area (Å²) < 4.78 is 5.12. The van der Waals surface area contributed by atoms with Gasteiger partial charge in [0, 0.05) is 18.3 Å². The van der Waals surface area contributed by atoms with E-state index >= 15 is 0 Å². The third kappa shape index (κ3) is 6.64. The molecule has 25 heavy (non-hydrogen) atoms. The van der Waals surface area contributed by atoms with Crippen LogP contribution in [0.1, 0.15) is 12.5 Å². The van der Waals surface area contributed by atoms with Gasteiger partial charge >= 0.3 is 0 Å². The second-order valence-electron chi connectivity index (χ2n) is 5.58. The molecule has 0 spiro atoms. The van der Waals surface area contributed by atoms with Crippen molar-refractivity contribution < 1.29 is 14.3 Å². The summed E-state index contributed by atoms with van der Waals surface area (Å²) in [6.07, 6.45) is 0.836. The van der Waals surface area contributed by atoms with Gasteiger partial charge < -0.3 is 20.7 Å². The molecule has 0 atom stereocenters. The average Bonchev–Trinajstić information content (AvgIpc) is 2.60. The number of carbonyl (C=O) groups excluding carboxylic acids is 2. The summed E-state index contributed by atoms with van der Waals surface area (Å²) >= 11 is 0. The Balaban J connectivity index is 1.68. The standard InChI is InChI=1S/C19H23N3O3/c1-14(23)21-16-5-7-17(8-6-16)22-19(24)13-20-12-11-15-3-9-18(25-2)10-4-15/h3-10,20H,11-13H2,1-2H3,(H,21,23)(H,22,24). The lowest BCUT2D eigenvalue weighted by molar-refractivity contribution is -0.115. The molecule has 0 aliphatic rings. The van der Waals surface area contributed by atoms with E-state index in [0.717, 1.165) is 12.2 Å². The molecule has 0 bridgehead atoms. The summed E-state index contributed by atoms with van der Waals surface area (Å²) in [5.74, 6) is 0.598. The fourth-order valence-corrected chi connectivity index (χ4v) is 2.27. The fraction of sp³-hybridized carbons (Fsp3) is 0.263. The number of nitrogens with one attached hydrogen (secondary N) is 3. The predicted molar refractivity (Wildman–Crippen MR) is 98.9 cm³/mol. The largest absolute Gasteiger partial charge is 0.497 e. The maximum atomic E-state index is 11.9. The van der Waals surface area contributed by atoms with Crippen molar-refractivity contribution >= 4 is 23.2 Å². The van der Waals surface area contributed by atoms with Gasteiger partial charge in [-0.1, -0.05) is 12.1 Å². The van der Waals surface area contributed by atoms with Crippen LogP contribution in [0.4, 0.5) is 11.4 Å². The smallest absolute Gasteiger partial charge is 0.238 e. The molecule has 2 aromatic carbocycles. The van der Waals surface area contributed by atoms with Crippen LogP contribution < -0.4 is 20.7 Å². The summed E-state index contributed by atoms with van der Waals surface area (Å²) in [7, 11) is 1.64. The quantitative estimate of drug-likeness (QED) is 0.644. The molecule has 132 valence electrons. The lowest BCUT2D eigenvalue weighted by Gasteiger charge is -2.08. The van der Waals surface area contributed by atoms with Crippen molar-refractivity contribution in [1.29, 1.82) is 0 Å². The minimum absolute atomic E-state index is 0.109. The molecule has 0 radical (unpaired) electrons. The van der Waals surface area contributed by atoms with Crippen molar-refractivity contribution in [2.45, 2.75) is 13.3 Å². The summed E-state index contributed by atoms with van der Waals surface area (Å²) in [5.41, 5.74) is 2.57. The maximum Gasteiger partial charge on any atom is 0.238 e. The summed E-state index contributed by atoms with van der Waals surface area (Å²) in [5, 5.41) is 8.60. The number of carbonyl (C=O) groups is 2. The van der Waals surface area contributed by atoms with E-state index in [9.17, 15) is 9.59 Å². The van der Waals surface area contributed by atoms with E-state index in [1.807, 2.05) is 24.3 Å². The van der Waals surface area contributed by atoms with Crippen LogP contribution in [0.3, 0.4) is 0 Å². The van der Waals surface area contributed by atoms with Crippen LogP contribution in [0.25, 0.3) is 0 Å². The molecule has 6 nitrogen and oxygen atoms in total. The first-order valence-electron chi connectivity index (χ1n) is 8.08. The van der Waals surface area contributed by atoms with E-state index in [-0.39, 0.29) is 18.4 Å². The molecule has 0 aromatic heterocycles. The van der Waals surface area contributed by atoms with Gasteiger partial charge in [0.15, 0.2) is 0 Å². The van der Waals surface area contributed by atoms with E-state index in [4.69, 9.17) is 4.74 Å². The zero-order valence-electron chi connectivity index (χ0n) is 14.5. The van der Waals surface area contributed by atoms with E-state index in [2.05, 4.69) is 16.0 Å². The molecule has 2 amide bonds. The van der Waals surface area contributed by atoms with E-state index in [0.29, 0.717) is 17.9 Å². The molecule has 0 saturated heterocycles. The van der Waals surface area contributed by atoms with Gasteiger partial charge in [-0.15, -0.1) is 0 Å². The lowest BCUT2D eigenvalue weighted by Crippen LogP contribution is -2.29. The lowest BCUT2D eigenvalue weighted by atomic mass is 10.1. The monoisotopic (exact) mass is 341 g/mol. The average molecular weight is 341 g/mol. The first kappa shape index (κ1) is 18.5. The number of rotatable bonds is 8. The molecule has 0 saturated carbocycles. The molecule has 0 aliphatic carbocycles. The molecule has 0 fully saturated rings. The number of hydrogen-bond acceptors (Lipinski definition) is 4. The molecule has 2 rings (SSSR count). The molecule has 6 heteroatoms. The second kappa shape index (κ2) is 9.44. The highest BCUT2D eigenvalue weighted by Gasteiger charge is 2.03. The highest BCUT2D eigenvalue weighted by molar-refractivity contribution is 5.93. The Hall–Kier alpha value is -2.86. The van der Waals surface area contributed by atoms with Crippen molar-refractivity contribution in [3.8, 4) is 5.75 Å². The number of anilines is 2. The number of methoxy groups -OCH3 is 1. The van der Waals surface area contributed by atoms with Crippen molar-refractivity contribution in [1.82, 2.24) is 5.32 Å². The second-order valence-corrected chi connectivity index (χ2v) is 5.58. The number of ether oxygens (including phenoxy) is 1. The summed E-state index contributed by atoms with van der Waals surface area (Å²) in [6, 6.07) is 14.9. The highest BCUT2D eigenvalue weighted by atomic mass is 16.5. The fourth-order valence-electron chi connectivity index (χ4n) is 2.27. The zero-order chi connectivity index (χ0) is 18.1. The van der Waals surface area contributed by atoms with Crippen molar-refractivity contribution in [3.63, 3.8) is 0 Å². The Morgan fingerprint density at radius 2 is 1.52 bits per heavy atom. The van der Waals surface area contributed by atoms with Gasteiger partial charge in [0.2, 0.25) is 11.8 Å². The summed E-state index contributed by atoms with van der Waals surface area (Å²) in [6.45, 7) is 2.40. The Kier molecular flexibility index (Phi) is 6.98. The van der Waals surface area contributed by atoms with Crippen LogP contribution >= 0.6 is 0 Å². The van der Waals surface area contributed by atoms with Gasteiger partial charge in [-0.3, -0.25) is 9.59 Å². The molecular formula is C19H23N3O3. The normalized spacial score (nSPS) is 10.2. The van der Waals surface area contributed by atoms with Crippen LogP contribution in [-0.4, -0.2) is 32.0 Å². The molecular weight excluding hydrogens is 318 g/mol. The molecule has 0 unspecified atom stereocenters. The van der Waals surface area contributed by atoms with Gasteiger partial charge in [-0.2, -0.15) is 0 Å². The van der Waals surface area contributed by atoms with Crippen LogP contribution in [-0.2, 0) is 16.0 Å². The van der Waals surface area contributed by atoms with Crippen molar-refractivity contribution in [2.75, 3.05) is 30.8 Å². The molecule has 0 aliphatic heterocycles. The first-order chi connectivity index (χ1) is 12.1. The minimum atomic E-state index is -0.127. The van der Waals surface area contributed by atoms with Gasteiger partial charge in [0.25, 0.3) is 0 Å². The topological polar surface area (TPSA) is 79.5 Å². The Bertz CT molecular complexity index is 697. The molecule has 0 heterocycles. The van der Waals surface area contributed by atoms with Crippen molar-refractivity contribution in [2.24, 2.45) is 0 Å². The highest BCUT2D eigenvalue weighted by Crippen LogP contribution is 2.13. The van der Waals surface area contributed by atoms with Gasteiger partial charge in [0.05, 0.1) is 13.7 Å². The van der Waals surface area contributed by atoms with Gasteiger partial charge in [0.1, 0.15) is 5.75 Å². The zero-order valence-corrected chi connectivity index (χ0v) is 14.5. The van der Waals surface area contributed by atoms with E-state index in [1.165, 1.54) is 12.5 Å². The van der Waals surface area contributed by atoms with Crippen LogP contribution in [0.2, 0.25) is 0 Å². The van der Waals surface area contributed by atoms with E-state index in [1.54, 1.807) is 31.4 Å². The van der Waals surface area contributed by atoms with Gasteiger partial charge in [-0.25, -0.2) is 0 Å². The van der Waals surface area contributed by atoms with Crippen LogP contribution in [0.5, 0.6) is 5.75 Å². The third-order valence-electron chi connectivity index (χ3n) is 3.52. The number of amides is 2. The first-order valence-corrected chi connectivity index (χ1v) is 8.08. The number of hydrogen-bond donors (Lipinski definition) is 3. The van der Waals surface area contributed by atoms with Gasteiger partial charge in [-0.05, 0) is 54.9 Å². The molecule has 2 aromatic rings. The predicted octanol–water partition coefficient (Wildman–Crippen LogP) is 2.42. The third-order valence-corrected chi connectivity index (χ3v) is 3.52.